The molecule has 2 aliphatic rings. The van der Waals surface area contributed by atoms with Crippen LogP contribution in [-0.2, 0) is 29.4 Å². The molecule has 1 spiro atoms. The number of rotatable bonds is 5. The Kier molecular flexibility index (Phi) is 5.76. The van der Waals surface area contributed by atoms with Crippen LogP contribution >= 0.6 is 0 Å². The standard InChI is InChI=1S/C21H30N4O4S/c1-4-19-22-23-20-7-8-21(11-14-25(19)20)9-12-24(13-10-21)30(26,27)16-5-6-17(28-2)18(15-16)29-3/h5-6,15H,4,7-14H2,1-3H3. The van der Waals surface area contributed by atoms with Crippen LogP contribution in [0.4, 0.5) is 0 Å². The van der Waals surface area contributed by atoms with E-state index < -0.39 is 10.0 Å². The molecule has 0 radical (unpaired) electrons. The Bertz CT molecular complexity index is 1010. The van der Waals surface area contributed by atoms with Gasteiger partial charge in [0.05, 0.1) is 19.1 Å². The molecule has 2 aliphatic heterocycles. The zero-order valence-electron chi connectivity index (χ0n) is 17.9. The first-order chi connectivity index (χ1) is 14.4. The molecule has 0 aliphatic carbocycles. The Hall–Kier alpha value is -2.13. The summed E-state index contributed by atoms with van der Waals surface area (Å²) in [6, 6.07) is 4.77. The van der Waals surface area contributed by atoms with Gasteiger partial charge in [0, 0.05) is 38.5 Å². The van der Waals surface area contributed by atoms with Crippen molar-refractivity contribution in [2.75, 3.05) is 27.3 Å². The highest BCUT2D eigenvalue weighted by Crippen LogP contribution is 2.43. The number of nitrogens with zero attached hydrogens (tertiary/aromatic N) is 4. The second-order valence-electron chi connectivity index (χ2n) is 8.21. The van der Waals surface area contributed by atoms with E-state index in [4.69, 9.17) is 9.47 Å². The highest BCUT2D eigenvalue weighted by Gasteiger charge is 2.40. The van der Waals surface area contributed by atoms with E-state index in [0.29, 0.717) is 24.6 Å². The summed E-state index contributed by atoms with van der Waals surface area (Å²) in [5.41, 5.74) is 0.176. The molecule has 1 aromatic heterocycles. The molecule has 0 bridgehead atoms. The zero-order chi connectivity index (χ0) is 21.4. The van der Waals surface area contributed by atoms with E-state index in [0.717, 1.165) is 56.7 Å². The van der Waals surface area contributed by atoms with Crippen molar-refractivity contribution in [1.82, 2.24) is 19.1 Å². The number of hydrogen-bond donors (Lipinski definition) is 0. The molecule has 2 aromatic rings. The quantitative estimate of drug-likeness (QED) is 0.719. The maximum Gasteiger partial charge on any atom is 0.243 e. The third-order valence-corrected chi connectivity index (χ3v) is 8.64. The van der Waals surface area contributed by atoms with Crippen LogP contribution in [0.15, 0.2) is 23.1 Å². The molecule has 0 unspecified atom stereocenters. The molecule has 1 fully saturated rings. The molecule has 3 heterocycles. The van der Waals surface area contributed by atoms with Crippen LogP contribution in [-0.4, -0.2) is 54.8 Å². The van der Waals surface area contributed by atoms with Crippen LogP contribution in [0.2, 0.25) is 0 Å². The van der Waals surface area contributed by atoms with Gasteiger partial charge in [-0.2, -0.15) is 4.31 Å². The number of benzene rings is 1. The van der Waals surface area contributed by atoms with E-state index in [1.807, 2.05) is 0 Å². The first-order valence-corrected chi connectivity index (χ1v) is 12.0. The van der Waals surface area contributed by atoms with Crippen LogP contribution in [0.5, 0.6) is 11.5 Å². The predicted molar refractivity (Wildman–Crippen MR) is 112 cm³/mol. The van der Waals surface area contributed by atoms with Crippen molar-refractivity contribution in [2.24, 2.45) is 5.41 Å². The first-order valence-electron chi connectivity index (χ1n) is 10.6. The summed E-state index contributed by atoms with van der Waals surface area (Å²) in [5, 5.41) is 8.68. The zero-order valence-corrected chi connectivity index (χ0v) is 18.7. The highest BCUT2D eigenvalue weighted by molar-refractivity contribution is 7.89. The molecule has 1 aromatic carbocycles. The van der Waals surface area contributed by atoms with E-state index in [9.17, 15) is 8.42 Å². The molecule has 0 N–H and O–H groups in total. The van der Waals surface area contributed by atoms with E-state index >= 15 is 0 Å². The van der Waals surface area contributed by atoms with Gasteiger partial charge in [0.25, 0.3) is 0 Å². The lowest BCUT2D eigenvalue weighted by molar-refractivity contribution is 0.129. The molecule has 164 valence electrons. The first kappa shape index (κ1) is 21.1. The van der Waals surface area contributed by atoms with Crippen molar-refractivity contribution in [2.45, 2.75) is 56.9 Å². The van der Waals surface area contributed by atoms with Gasteiger partial charge in [0.15, 0.2) is 11.5 Å². The van der Waals surface area contributed by atoms with Gasteiger partial charge in [-0.3, -0.25) is 0 Å². The summed E-state index contributed by atoms with van der Waals surface area (Å²) in [5.74, 6) is 3.07. The number of hydrogen-bond acceptors (Lipinski definition) is 6. The number of sulfonamides is 1. The minimum atomic E-state index is -3.57. The van der Waals surface area contributed by atoms with Gasteiger partial charge in [0.2, 0.25) is 10.0 Å². The Morgan fingerprint density at radius 2 is 1.70 bits per heavy atom. The Morgan fingerprint density at radius 1 is 1.00 bits per heavy atom. The maximum atomic E-state index is 13.2. The number of piperidine rings is 1. The number of methoxy groups -OCH3 is 2. The fourth-order valence-corrected chi connectivity index (χ4v) is 6.21. The summed E-state index contributed by atoms with van der Waals surface area (Å²) in [7, 11) is -0.522. The lowest BCUT2D eigenvalue weighted by Crippen LogP contribution is -2.43. The topological polar surface area (TPSA) is 86.6 Å². The number of aromatic nitrogens is 3. The average Bonchev–Trinajstić information content (AvgIpc) is 3.09. The van der Waals surface area contributed by atoms with Gasteiger partial charge in [-0.1, -0.05) is 6.92 Å². The average molecular weight is 435 g/mol. The van der Waals surface area contributed by atoms with Crippen molar-refractivity contribution in [3.8, 4) is 11.5 Å². The Morgan fingerprint density at radius 3 is 2.37 bits per heavy atom. The third kappa shape index (κ3) is 3.69. The molecule has 4 rings (SSSR count). The summed E-state index contributed by atoms with van der Waals surface area (Å²) < 4.78 is 40.8. The monoisotopic (exact) mass is 434 g/mol. The summed E-state index contributed by atoms with van der Waals surface area (Å²) >= 11 is 0. The normalized spacial score (nSPS) is 19.3. The second-order valence-corrected chi connectivity index (χ2v) is 10.1. The summed E-state index contributed by atoms with van der Waals surface area (Å²) in [4.78, 5) is 0.246. The van der Waals surface area contributed by atoms with Crippen molar-refractivity contribution < 1.29 is 17.9 Å². The van der Waals surface area contributed by atoms with Gasteiger partial charge >= 0.3 is 0 Å². The lowest BCUT2D eigenvalue weighted by Gasteiger charge is -2.40. The van der Waals surface area contributed by atoms with Crippen LogP contribution in [0.25, 0.3) is 0 Å². The molecule has 0 saturated carbocycles. The summed E-state index contributed by atoms with van der Waals surface area (Å²) in [6.07, 6.45) is 5.64. The van der Waals surface area contributed by atoms with E-state index in [1.54, 1.807) is 22.5 Å². The highest BCUT2D eigenvalue weighted by atomic mass is 32.2. The van der Waals surface area contributed by atoms with E-state index in [2.05, 4.69) is 21.7 Å². The van der Waals surface area contributed by atoms with Crippen molar-refractivity contribution in [1.29, 1.82) is 0 Å². The smallest absolute Gasteiger partial charge is 0.243 e. The maximum absolute atomic E-state index is 13.2. The molecule has 1 saturated heterocycles. The molecule has 0 amide bonds. The van der Waals surface area contributed by atoms with Crippen molar-refractivity contribution in [3.63, 3.8) is 0 Å². The number of aryl methyl sites for hydroxylation is 2. The van der Waals surface area contributed by atoms with Crippen LogP contribution in [0.1, 0.15) is 44.3 Å². The molecule has 0 atom stereocenters. The third-order valence-electron chi connectivity index (χ3n) is 6.74. The lowest BCUT2D eigenvalue weighted by atomic mass is 9.73. The van der Waals surface area contributed by atoms with E-state index in [1.165, 1.54) is 14.2 Å². The predicted octanol–water partition coefficient (Wildman–Crippen LogP) is 2.67. The minimum absolute atomic E-state index is 0.176. The SMILES string of the molecule is CCc1nnc2n1CCC1(CC2)CCN(S(=O)(=O)c2ccc(OC)c(OC)c2)CC1. The largest absolute Gasteiger partial charge is 0.493 e. The number of fused-ring (bicyclic) bond motifs is 1. The van der Waals surface area contributed by atoms with Gasteiger partial charge in [-0.05, 0) is 43.2 Å². The van der Waals surface area contributed by atoms with Crippen LogP contribution in [0, 0.1) is 5.41 Å². The van der Waals surface area contributed by atoms with Crippen molar-refractivity contribution >= 4 is 10.0 Å². The molecular formula is C21H30N4O4S. The van der Waals surface area contributed by atoms with Gasteiger partial charge < -0.3 is 14.0 Å². The number of ether oxygens (including phenoxy) is 2. The van der Waals surface area contributed by atoms with Gasteiger partial charge in [-0.25, -0.2) is 8.42 Å². The molecule has 9 heteroatoms. The van der Waals surface area contributed by atoms with Gasteiger partial charge in [-0.15, -0.1) is 10.2 Å². The Labute approximate surface area is 178 Å². The fraction of sp³-hybridized carbons (Fsp3) is 0.619. The minimum Gasteiger partial charge on any atom is -0.493 e. The molecule has 30 heavy (non-hydrogen) atoms. The fourth-order valence-electron chi connectivity index (χ4n) is 4.75. The molecule has 8 nitrogen and oxygen atoms in total. The van der Waals surface area contributed by atoms with Gasteiger partial charge in [0.1, 0.15) is 11.6 Å². The Balaban J connectivity index is 1.47. The van der Waals surface area contributed by atoms with Crippen LogP contribution < -0.4 is 9.47 Å². The summed E-state index contributed by atoms with van der Waals surface area (Å²) in [6.45, 7) is 4.11. The molecular weight excluding hydrogens is 404 g/mol. The van der Waals surface area contributed by atoms with E-state index in [-0.39, 0.29) is 10.3 Å². The van der Waals surface area contributed by atoms with Crippen LogP contribution in [0.3, 0.4) is 0 Å². The second kappa shape index (κ2) is 8.19. The van der Waals surface area contributed by atoms with Crippen molar-refractivity contribution in [3.05, 3.63) is 29.8 Å².